The van der Waals surface area contributed by atoms with E-state index in [1.165, 1.54) is 94.4 Å². The largest absolute Gasteiger partial charge is 0.355 e. The van der Waals surface area contributed by atoms with Crippen molar-refractivity contribution in [2.45, 2.75) is 70.4 Å². The van der Waals surface area contributed by atoms with Crippen LogP contribution >= 0.6 is 0 Å². The number of rotatable bonds is 3. The van der Waals surface area contributed by atoms with Crippen molar-refractivity contribution in [2.24, 2.45) is 0 Å². The fourth-order valence-corrected chi connectivity index (χ4v) is 6.64. The van der Waals surface area contributed by atoms with E-state index in [1.54, 1.807) is 22.3 Å². The van der Waals surface area contributed by atoms with Gasteiger partial charge in [-0.3, -0.25) is 4.90 Å². The quantitative estimate of drug-likeness (QED) is 0.769. The lowest BCUT2D eigenvalue weighted by Crippen LogP contribution is -2.43. The number of piperidine rings is 1. The van der Waals surface area contributed by atoms with Crippen LogP contribution in [-0.4, -0.2) is 42.0 Å². The van der Waals surface area contributed by atoms with Crippen LogP contribution in [0.3, 0.4) is 0 Å². The lowest BCUT2D eigenvalue weighted by atomic mass is 9.83. The van der Waals surface area contributed by atoms with Gasteiger partial charge in [0, 0.05) is 36.0 Å². The Morgan fingerprint density at radius 1 is 0.900 bits per heavy atom. The summed E-state index contributed by atoms with van der Waals surface area (Å²) in [5.41, 5.74) is 11.8. The molecule has 158 valence electrons. The molecule has 0 unspecified atom stereocenters. The van der Waals surface area contributed by atoms with Gasteiger partial charge in [0.1, 0.15) is 0 Å². The number of likely N-dealkylation sites (tertiary alicyclic amines) is 2. The molecule has 1 aromatic carbocycles. The summed E-state index contributed by atoms with van der Waals surface area (Å²) in [6.45, 7) is 10.7. The first-order valence-corrected chi connectivity index (χ1v) is 12.3. The van der Waals surface area contributed by atoms with E-state index in [0.717, 1.165) is 24.7 Å². The molecule has 3 aliphatic heterocycles. The molecule has 0 bridgehead atoms. The minimum absolute atomic E-state index is 0.839. The maximum atomic E-state index is 4.37. The van der Waals surface area contributed by atoms with Crippen molar-refractivity contribution in [3.05, 3.63) is 63.9 Å². The first-order valence-electron chi connectivity index (χ1n) is 12.3. The molecule has 0 aromatic heterocycles. The summed E-state index contributed by atoms with van der Waals surface area (Å²) < 4.78 is 0. The number of nitrogens with zero attached hydrogens (tertiary/aromatic N) is 2. The van der Waals surface area contributed by atoms with Gasteiger partial charge in [0.15, 0.2) is 0 Å². The van der Waals surface area contributed by atoms with Gasteiger partial charge in [0.05, 0.1) is 0 Å². The van der Waals surface area contributed by atoms with E-state index >= 15 is 0 Å². The number of benzene rings is 1. The molecular weight excluding hydrogens is 366 g/mol. The lowest BCUT2D eigenvalue weighted by molar-refractivity contribution is 0.122. The first kappa shape index (κ1) is 18.9. The normalized spacial score (nSPS) is 25.4. The average Bonchev–Trinajstić information content (AvgIpc) is 3.44. The molecule has 0 amide bonds. The predicted octanol–water partition coefficient (Wildman–Crippen LogP) is 5.00. The Labute approximate surface area is 181 Å². The summed E-state index contributed by atoms with van der Waals surface area (Å²) in [6, 6.07) is 7.83. The second kappa shape index (κ2) is 7.69. The van der Waals surface area contributed by atoms with E-state index in [-0.39, 0.29) is 0 Å². The molecule has 6 rings (SSSR count). The van der Waals surface area contributed by atoms with Gasteiger partial charge in [-0.15, -0.1) is 0 Å². The zero-order chi connectivity index (χ0) is 20.1. The van der Waals surface area contributed by atoms with Crippen molar-refractivity contribution >= 4 is 5.70 Å². The Morgan fingerprint density at radius 2 is 1.67 bits per heavy atom. The SMILES string of the molecule is C=C1NC2=C(Cc3c(CN4CCC(N5CCCC5)CC4)cccc32)C2=C1CCCC2. The Balaban J connectivity index is 1.20. The summed E-state index contributed by atoms with van der Waals surface area (Å²) in [4.78, 5) is 5.46. The van der Waals surface area contributed by atoms with Crippen LogP contribution in [0.2, 0.25) is 0 Å². The van der Waals surface area contributed by atoms with Gasteiger partial charge >= 0.3 is 0 Å². The standard InChI is InChI=1S/C27H35N3/c1-19-22-8-2-3-9-23(22)26-17-25-20(7-6-10-24(25)27(26)28-19)18-29-15-11-21(12-16-29)30-13-4-5-14-30/h6-7,10,21,28H,1-5,8-9,11-18H2. The zero-order valence-electron chi connectivity index (χ0n) is 18.3. The number of dihydropyridines is 1. The second-order valence-corrected chi connectivity index (χ2v) is 9.99. The molecule has 30 heavy (non-hydrogen) atoms. The van der Waals surface area contributed by atoms with E-state index in [9.17, 15) is 0 Å². The molecule has 3 heteroatoms. The van der Waals surface area contributed by atoms with Gasteiger partial charge < -0.3 is 10.2 Å². The van der Waals surface area contributed by atoms with Gasteiger partial charge in [-0.05, 0) is 105 Å². The zero-order valence-corrected chi connectivity index (χ0v) is 18.3. The monoisotopic (exact) mass is 401 g/mol. The van der Waals surface area contributed by atoms with E-state index < -0.39 is 0 Å². The maximum Gasteiger partial charge on any atom is 0.0499 e. The third-order valence-corrected chi connectivity index (χ3v) is 8.28. The van der Waals surface area contributed by atoms with Crippen molar-refractivity contribution in [3.63, 3.8) is 0 Å². The van der Waals surface area contributed by atoms with Crippen LogP contribution in [0.25, 0.3) is 5.70 Å². The minimum atomic E-state index is 0.839. The highest BCUT2D eigenvalue weighted by atomic mass is 15.2. The smallest absolute Gasteiger partial charge is 0.0499 e. The van der Waals surface area contributed by atoms with Crippen LogP contribution in [0.5, 0.6) is 0 Å². The van der Waals surface area contributed by atoms with Crippen LogP contribution in [0, 0.1) is 0 Å². The number of hydrogen-bond donors (Lipinski definition) is 1. The molecule has 0 radical (unpaired) electrons. The van der Waals surface area contributed by atoms with Gasteiger partial charge in [0.25, 0.3) is 0 Å². The fraction of sp³-hybridized carbons (Fsp3) is 0.556. The molecular formula is C27H35N3. The Bertz CT molecular complexity index is 923. The topological polar surface area (TPSA) is 18.5 Å². The van der Waals surface area contributed by atoms with Crippen LogP contribution < -0.4 is 5.32 Å². The minimum Gasteiger partial charge on any atom is -0.355 e. The third kappa shape index (κ3) is 3.18. The number of hydrogen-bond acceptors (Lipinski definition) is 3. The number of allylic oxidation sites excluding steroid dienone is 3. The Kier molecular flexibility index (Phi) is 4.84. The summed E-state index contributed by atoms with van der Waals surface area (Å²) in [5.74, 6) is 0. The van der Waals surface area contributed by atoms with Crippen molar-refractivity contribution < 1.29 is 0 Å². The van der Waals surface area contributed by atoms with E-state index in [2.05, 4.69) is 39.9 Å². The Morgan fingerprint density at radius 3 is 2.47 bits per heavy atom. The summed E-state index contributed by atoms with van der Waals surface area (Å²) >= 11 is 0. The average molecular weight is 402 g/mol. The molecule has 0 saturated carbocycles. The van der Waals surface area contributed by atoms with E-state index in [0.29, 0.717) is 0 Å². The van der Waals surface area contributed by atoms with Crippen molar-refractivity contribution in [3.8, 4) is 0 Å². The maximum absolute atomic E-state index is 4.37. The van der Waals surface area contributed by atoms with Gasteiger partial charge in [-0.2, -0.15) is 0 Å². The molecule has 1 aromatic rings. The molecule has 3 heterocycles. The highest BCUT2D eigenvalue weighted by Gasteiger charge is 2.33. The fourth-order valence-electron chi connectivity index (χ4n) is 6.64. The molecule has 1 N–H and O–H groups in total. The van der Waals surface area contributed by atoms with E-state index in [1.807, 2.05) is 0 Å². The van der Waals surface area contributed by atoms with Crippen LogP contribution in [0.15, 0.2) is 47.2 Å². The van der Waals surface area contributed by atoms with E-state index in [4.69, 9.17) is 0 Å². The van der Waals surface area contributed by atoms with Gasteiger partial charge in [-0.1, -0.05) is 24.8 Å². The Hall–Kier alpha value is -1.84. The first-order chi connectivity index (χ1) is 14.8. The summed E-state index contributed by atoms with van der Waals surface area (Å²) in [6.07, 6.45) is 11.7. The number of fused-ring (bicyclic) bond motifs is 3. The summed E-state index contributed by atoms with van der Waals surface area (Å²) in [5, 5.41) is 3.71. The molecule has 5 aliphatic rings. The highest BCUT2D eigenvalue weighted by Crippen LogP contribution is 2.46. The van der Waals surface area contributed by atoms with Crippen molar-refractivity contribution in [1.82, 2.24) is 15.1 Å². The van der Waals surface area contributed by atoms with Crippen LogP contribution in [-0.2, 0) is 13.0 Å². The number of nitrogens with one attached hydrogen (secondary N) is 1. The van der Waals surface area contributed by atoms with Gasteiger partial charge in [0.2, 0.25) is 0 Å². The molecule has 2 aliphatic carbocycles. The second-order valence-electron chi connectivity index (χ2n) is 9.99. The highest BCUT2D eigenvalue weighted by molar-refractivity contribution is 5.83. The summed E-state index contributed by atoms with van der Waals surface area (Å²) in [7, 11) is 0. The molecule has 0 spiro atoms. The molecule has 3 nitrogen and oxygen atoms in total. The van der Waals surface area contributed by atoms with Crippen molar-refractivity contribution in [2.75, 3.05) is 26.2 Å². The molecule has 0 atom stereocenters. The predicted molar refractivity (Wildman–Crippen MR) is 124 cm³/mol. The van der Waals surface area contributed by atoms with Gasteiger partial charge in [-0.25, -0.2) is 0 Å². The van der Waals surface area contributed by atoms with Crippen molar-refractivity contribution in [1.29, 1.82) is 0 Å². The third-order valence-electron chi connectivity index (χ3n) is 8.28. The van der Waals surface area contributed by atoms with Crippen LogP contribution in [0.1, 0.15) is 68.1 Å². The molecule has 2 fully saturated rings. The molecule has 2 saturated heterocycles. The lowest BCUT2D eigenvalue weighted by Gasteiger charge is -2.37. The van der Waals surface area contributed by atoms with Crippen LogP contribution in [0.4, 0.5) is 0 Å².